The number of allylic oxidation sites excluding steroid dienone is 7. The first-order valence-electron chi connectivity index (χ1n) is 18.1. The highest BCUT2D eigenvalue weighted by Crippen LogP contribution is 2.36. The molecule has 1 aliphatic heterocycles. The van der Waals surface area contributed by atoms with E-state index in [0.717, 1.165) is 57.8 Å². The largest absolute Gasteiger partial charge is 0.469 e. The molecule has 1 heterocycles. The van der Waals surface area contributed by atoms with E-state index in [1.807, 2.05) is 12.2 Å². The lowest BCUT2D eigenvalue weighted by Gasteiger charge is -2.18. The number of epoxide rings is 1. The average Bonchev–Trinajstić information content (AvgIpc) is 3.79. The van der Waals surface area contributed by atoms with Gasteiger partial charge in [0.15, 0.2) is 6.10 Å². The molecule has 3 atom stereocenters. The molecule has 0 aliphatic carbocycles. The maximum Gasteiger partial charge on any atom is 0.469 e. The summed E-state index contributed by atoms with van der Waals surface area (Å²) in [6.07, 6.45) is 35.9. The van der Waals surface area contributed by atoms with Crippen LogP contribution >= 0.6 is 7.82 Å². The minimum absolute atomic E-state index is 0.129. The highest BCUT2D eigenvalue weighted by atomic mass is 31.2. The Hall–Kier alpha value is -2.03. The smallest absolute Gasteiger partial charge is 0.462 e. The summed E-state index contributed by atoms with van der Waals surface area (Å²) in [6.45, 7) is 3.53. The van der Waals surface area contributed by atoms with Gasteiger partial charge in [0, 0.05) is 12.8 Å². The number of hydrogen-bond donors (Lipinski definition) is 2. The topological polar surface area (TPSA) is 132 Å². The van der Waals surface area contributed by atoms with Crippen LogP contribution in [-0.4, -0.2) is 53.3 Å². The van der Waals surface area contributed by atoms with E-state index >= 15 is 0 Å². The summed E-state index contributed by atoms with van der Waals surface area (Å²) in [4.78, 5) is 42.6. The van der Waals surface area contributed by atoms with Crippen LogP contribution in [0.25, 0.3) is 0 Å². The second-order valence-corrected chi connectivity index (χ2v) is 13.5. The molecule has 9 nitrogen and oxygen atoms in total. The van der Waals surface area contributed by atoms with Gasteiger partial charge in [-0.1, -0.05) is 114 Å². The second kappa shape index (κ2) is 28.9. The van der Waals surface area contributed by atoms with Gasteiger partial charge >= 0.3 is 19.8 Å². The van der Waals surface area contributed by atoms with Gasteiger partial charge in [-0.25, -0.2) is 4.57 Å². The monoisotopic (exact) mass is 682 g/mol. The third-order valence-corrected chi connectivity index (χ3v) is 8.23. The number of phosphoric ester groups is 1. The number of carbonyl (C=O) groups excluding carboxylic acids is 2. The lowest BCUT2D eigenvalue weighted by molar-refractivity contribution is -0.161. The van der Waals surface area contributed by atoms with Crippen LogP contribution in [0.3, 0.4) is 0 Å². The highest BCUT2D eigenvalue weighted by Gasteiger charge is 2.36. The van der Waals surface area contributed by atoms with Crippen LogP contribution in [0, 0.1) is 0 Å². The first-order chi connectivity index (χ1) is 22.7. The lowest BCUT2D eigenvalue weighted by Crippen LogP contribution is -2.29. The van der Waals surface area contributed by atoms with E-state index in [2.05, 4.69) is 54.8 Å². The van der Waals surface area contributed by atoms with Gasteiger partial charge in [0.25, 0.3) is 0 Å². The number of carbonyl (C=O) groups is 2. The van der Waals surface area contributed by atoms with Gasteiger partial charge in [-0.05, 0) is 64.2 Å². The summed E-state index contributed by atoms with van der Waals surface area (Å²) in [7, 11) is -4.77. The fourth-order valence-electron chi connectivity index (χ4n) is 4.91. The number of phosphoric acid groups is 1. The van der Waals surface area contributed by atoms with Crippen molar-refractivity contribution in [2.45, 2.75) is 161 Å². The molecule has 270 valence electrons. The highest BCUT2D eigenvalue weighted by molar-refractivity contribution is 7.46. The zero-order chi connectivity index (χ0) is 34.4. The first-order valence-corrected chi connectivity index (χ1v) is 19.6. The van der Waals surface area contributed by atoms with E-state index in [-0.39, 0.29) is 19.4 Å². The van der Waals surface area contributed by atoms with E-state index in [1.54, 1.807) is 0 Å². The second-order valence-electron chi connectivity index (χ2n) is 12.2. The molecule has 0 bridgehead atoms. The van der Waals surface area contributed by atoms with Gasteiger partial charge in [0.05, 0.1) is 18.8 Å². The maximum atomic E-state index is 12.3. The molecule has 0 aromatic rings. The molecule has 1 fully saturated rings. The van der Waals surface area contributed by atoms with Crippen LogP contribution < -0.4 is 0 Å². The summed E-state index contributed by atoms with van der Waals surface area (Å²) in [5.74, 6) is -0.972. The van der Waals surface area contributed by atoms with Crippen molar-refractivity contribution in [3.63, 3.8) is 0 Å². The normalized spacial score (nSPS) is 17.4. The van der Waals surface area contributed by atoms with Crippen LogP contribution in [0.15, 0.2) is 48.6 Å². The number of unbranched alkanes of at least 4 members (excludes halogenated alkanes) is 10. The minimum Gasteiger partial charge on any atom is -0.462 e. The number of ether oxygens (including phenoxy) is 3. The third-order valence-electron chi connectivity index (χ3n) is 7.74. The van der Waals surface area contributed by atoms with Crippen molar-refractivity contribution in [2.24, 2.45) is 0 Å². The van der Waals surface area contributed by atoms with Crippen LogP contribution in [0.4, 0.5) is 0 Å². The van der Waals surface area contributed by atoms with Crippen LogP contribution in [0.2, 0.25) is 0 Å². The summed E-state index contributed by atoms with van der Waals surface area (Å²) < 4.78 is 31.9. The zero-order valence-electron chi connectivity index (χ0n) is 29.1. The molecule has 1 rings (SSSR count). The van der Waals surface area contributed by atoms with Gasteiger partial charge in [-0.3, -0.25) is 14.1 Å². The zero-order valence-corrected chi connectivity index (χ0v) is 30.0. The van der Waals surface area contributed by atoms with Gasteiger partial charge in [-0.2, -0.15) is 0 Å². The predicted octanol–water partition coefficient (Wildman–Crippen LogP) is 9.38. The van der Waals surface area contributed by atoms with Gasteiger partial charge < -0.3 is 24.0 Å². The van der Waals surface area contributed by atoms with E-state index in [0.29, 0.717) is 31.5 Å². The van der Waals surface area contributed by atoms with Gasteiger partial charge in [0.2, 0.25) is 0 Å². The summed E-state index contributed by atoms with van der Waals surface area (Å²) in [5, 5.41) is 0. The number of hydrogen-bond acceptors (Lipinski definition) is 7. The predicted molar refractivity (Wildman–Crippen MR) is 188 cm³/mol. The summed E-state index contributed by atoms with van der Waals surface area (Å²) >= 11 is 0. The van der Waals surface area contributed by atoms with Crippen molar-refractivity contribution in [1.29, 1.82) is 0 Å². The maximum absolute atomic E-state index is 12.3. The summed E-state index contributed by atoms with van der Waals surface area (Å²) in [6, 6.07) is 0. The number of rotatable bonds is 31. The molecule has 0 saturated carbocycles. The number of esters is 2. The molecule has 0 spiro atoms. The molecule has 1 saturated heterocycles. The lowest BCUT2D eigenvalue weighted by atomic mass is 10.1. The summed E-state index contributed by atoms with van der Waals surface area (Å²) in [5.41, 5.74) is 0. The fraction of sp³-hybridized carbons (Fsp3) is 0.730. The van der Waals surface area contributed by atoms with Crippen molar-refractivity contribution < 1.29 is 42.7 Å². The van der Waals surface area contributed by atoms with Crippen LogP contribution in [0.1, 0.15) is 142 Å². The Balaban J connectivity index is 2.16. The van der Waals surface area contributed by atoms with Gasteiger partial charge in [0.1, 0.15) is 6.61 Å². The van der Waals surface area contributed by atoms with E-state index in [4.69, 9.17) is 24.0 Å². The standard InChI is InChI=1S/C37H63O9P/c1-3-5-7-8-9-10-11-15-18-21-25-29-36(38)43-31-33(32-44-47(40,41)42)45-37(39)30-26-22-19-16-13-12-14-17-20-24-28-35-34(46-35)27-23-6-4-2/h8-9,12,14,16,19-20,24,33-35H,3-7,10-11,13,15,17-18,21-23,25-32H2,1-2H3,(H2,40,41,42)/b9-8-,14-12-,19-16-,24-20-/t33-,34?,35?/m1/s1. The molecule has 1 aliphatic rings. The molecule has 0 aromatic heterocycles. The Morgan fingerprint density at radius 2 is 1.28 bits per heavy atom. The SMILES string of the molecule is CCCC/C=C\CCCCCCCC(=O)OC[C@H](COP(=O)(O)O)OC(=O)CCC/C=C\C/C=C\C/C=C\CC1OC1CCCCC. The van der Waals surface area contributed by atoms with Crippen molar-refractivity contribution >= 4 is 19.8 Å². The molecular formula is C37H63O9P. The van der Waals surface area contributed by atoms with E-state index in [9.17, 15) is 14.2 Å². The molecule has 2 unspecified atom stereocenters. The Bertz CT molecular complexity index is 969. The Morgan fingerprint density at radius 3 is 2.00 bits per heavy atom. The molecule has 0 radical (unpaired) electrons. The van der Waals surface area contributed by atoms with E-state index < -0.39 is 32.5 Å². The molecule has 0 aromatic carbocycles. The van der Waals surface area contributed by atoms with Crippen molar-refractivity contribution in [3.8, 4) is 0 Å². The molecular weight excluding hydrogens is 619 g/mol. The molecule has 47 heavy (non-hydrogen) atoms. The van der Waals surface area contributed by atoms with E-state index in [1.165, 1.54) is 38.5 Å². The van der Waals surface area contributed by atoms with Crippen LogP contribution in [0.5, 0.6) is 0 Å². The van der Waals surface area contributed by atoms with Gasteiger partial charge in [-0.15, -0.1) is 0 Å². The Kier molecular flexibility index (Phi) is 26.5. The van der Waals surface area contributed by atoms with Crippen molar-refractivity contribution in [3.05, 3.63) is 48.6 Å². The van der Waals surface area contributed by atoms with Crippen LogP contribution in [-0.2, 0) is 32.9 Å². The molecule has 2 N–H and O–H groups in total. The first kappa shape index (κ1) is 43.0. The fourth-order valence-corrected chi connectivity index (χ4v) is 5.27. The quantitative estimate of drug-likeness (QED) is 0.0241. The Labute approximate surface area is 284 Å². The van der Waals surface area contributed by atoms with Crippen molar-refractivity contribution in [1.82, 2.24) is 0 Å². The molecule has 10 heteroatoms. The minimum atomic E-state index is -4.77. The van der Waals surface area contributed by atoms with Crippen molar-refractivity contribution in [2.75, 3.05) is 13.2 Å². The third kappa shape index (κ3) is 28.7. The molecule has 0 amide bonds. The average molecular weight is 683 g/mol. The Morgan fingerprint density at radius 1 is 0.681 bits per heavy atom.